The highest BCUT2D eigenvalue weighted by Gasteiger charge is 2.06. The quantitative estimate of drug-likeness (QED) is 0.478. The fourth-order valence-electron chi connectivity index (χ4n) is 1.22. The fraction of sp³-hybridized carbons (Fsp3) is 0.308. The van der Waals surface area contributed by atoms with Gasteiger partial charge in [0.15, 0.2) is 5.78 Å². The van der Waals surface area contributed by atoms with E-state index in [1.807, 2.05) is 7.05 Å². The summed E-state index contributed by atoms with van der Waals surface area (Å²) in [5, 5.41) is 2.98. The fourth-order valence-corrected chi connectivity index (χ4v) is 1.22. The molecule has 0 spiro atoms. The van der Waals surface area contributed by atoms with Crippen molar-refractivity contribution in [2.75, 3.05) is 13.6 Å². The summed E-state index contributed by atoms with van der Waals surface area (Å²) < 4.78 is 13.2. The molecule has 0 radical (unpaired) electrons. The zero-order valence-corrected chi connectivity index (χ0v) is 9.43. The van der Waals surface area contributed by atoms with Crippen LogP contribution in [-0.4, -0.2) is 19.4 Å². The van der Waals surface area contributed by atoms with Gasteiger partial charge in [-0.2, -0.15) is 0 Å². The Labute approximate surface area is 94.9 Å². The second kappa shape index (κ2) is 6.04. The van der Waals surface area contributed by atoms with E-state index in [2.05, 4.69) is 17.2 Å². The van der Waals surface area contributed by atoms with E-state index in [1.165, 1.54) is 19.1 Å². The molecule has 2 nitrogen and oxygen atoms in total. The summed E-state index contributed by atoms with van der Waals surface area (Å²) in [4.78, 5) is 11.1. The number of ketones is 1. The van der Waals surface area contributed by atoms with Crippen molar-refractivity contribution < 1.29 is 9.18 Å². The van der Waals surface area contributed by atoms with E-state index in [9.17, 15) is 9.18 Å². The first-order valence-corrected chi connectivity index (χ1v) is 5.09. The Kier molecular flexibility index (Phi) is 4.68. The molecule has 1 aromatic rings. The number of hydrogen-bond donors (Lipinski definition) is 1. The number of hydrogen-bond acceptors (Lipinski definition) is 2. The number of rotatable bonds is 3. The van der Waals surface area contributed by atoms with E-state index in [4.69, 9.17) is 0 Å². The van der Waals surface area contributed by atoms with Crippen molar-refractivity contribution in [2.24, 2.45) is 0 Å². The Morgan fingerprint density at radius 3 is 2.88 bits per heavy atom. The lowest BCUT2D eigenvalue weighted by Gasteiger charge is -1.98. The average Bonchev–Trinajstić information content (AvgIpc) is 2.26. The molecular formula is C13H14FNO. The van der Waals surface area contributed by atoms with Crippen LogP contribution in [0.1, 0.15) is 29.3 Å². The van der Waals surface area contributed by atoms with Crippen LogP contribution < -0.4 is 5.32 Å². The second-order valence-corrected chi connectivity index (χ2v) is 3.41. The smallest absolute Gasteiger partial charge is 0.162 e. The summed E-state index contributed by atoms with van der Waals surface area (Å²) in [5.74, 6) is 5.06. The summed E-state index contributed by atoms with van der Waals surface area (Å²) in [6, 6.07) is 4.34. The molecule has 1 aromatic carbocycles. The highest BCUT2D eigenvalue weighted by atomic mass is 19.1. The Morgan fingerprint density at radius 2 is 2.25 bits per heavy atom. The van der Waals surface area contributed by atoms with Crippen LogP contribution in [0.25, 0.3) is 0 Å². The predicted octanol–water partition coefficient (Wildman–Crippen LogP) is 1.99. The van der Waals surface area contributed by atoms with E-state index in [0.717, 1.165) is 13.0 Å². The molecule has 0 fully saturated rings. The number of Topliss-reactive ketones (excluding diaryl/α,β-unsaturated/α-hetero) is 1. The number of halogens is 1. The summed E-state index contributed by atoms with van der Waals surface area (Å²) in [7, 11) is 1.85. The van der Waals surface area contributed by atoms with E-state index >= 15 is 0 Å². The molecule has 0 saturated heterocycles. The average molecular weight is 219 g/mol. The maximum absolute atomic E-state index is 13.2. The zero-order chi connectivity index (χ0) is 12.0. The summed E-state index contributed by atoms with van der Waals surface area (Å²) >= 11 is 0. The van der Waals surface area contributed by atoms with Crippen LogP contribution in [0, 0.1) is 17.7 Å². The van der Waals surface area contributed by atoms with E-state index in [-0.39, 0.29) is 11.3 Å². The van der Waals surface area contributed by atoms with Gasteiger partial charge in [0.2, 0.25) is 0 Å². The van der Waals surface area contributed by atoms with Gasteiger partial charge >= 0.3 is 0 Å². The standard InChI is InChI=1S/C13H14FNO/c1-10(16)12-9-11(6-7-13(12)14)5-3-4-8-15-2/h6-7,9,15H,4,8H2,1-2H3. The monoisotopic (exact) mass is 219 g/mol. The molecule has 0 unspecified atom stereocenters. The zero-order valence-electron chi connectivity index (χ0n) is 9.43. The van der Waals surface area contributed by atoms with Gasteiger partial charge in [-0.3, -0.25) is 4.79 Å². The van der Waals surface area contributed by atoms with Gasteiger partial charge in [0.1, 0.15) is 5.82 Å². The van der Waals surface area contributed by atoms with Gasteiger partial charge in [-0.15, -0.1) is 0 Å². The van der Waals surface area contributed by atoms with Crippen molar-refractivity contribution >= 4 is 5.78 Å². The highest BCUT2D eigenvalue weighted by Crippen LogP contribution is 2.10. The lowest BCUT2D eigenvalue weighted by molar-refractivity contribution is 0.101. The molecule has 84 valence electrons. The first-order chi connectivity index (χ1) is 7.65. The molecule has 0 amide bonds. The van der Waals surface area contributed by atoms with Crippen molar-refractivity contribution in [1.29, 1.82) is 0 Å². The Morgan fingerprint density at radius 1 is 1.50 bits per heavy atom. The first-order valence-electron chi connectivity index (χ1n) is 5.09. The lowest BCUT2D eigenvalue weighted by Crippen LogP contribution is -2.05. The van der Waals surface area contributed by atoms with Gasteiger partial charge in [-0.25, -0.2) is 4.39 Å². The van der Waals surface area contributed by atoms with Gasteiger partial charge < -0.3 is 5.32 Å². The van der Waals surface area contributed by atoms with Crippen molar-refractivity contribution in [3.8, 4) is 11.8 Å². The van der Waals surface area contributed by atoms with Crippen molar-refractivity contribution in [2.45, 2.75) is 13.3 Å². The molecule has 0 bridgehead atoms. The predicted molar refractivity (Wildman–Crippen MR) is 61.8 cm³/mol. The molecule has 0 aliphatic heterocycles. The van der Waals surface area contributed by atoms with E-state index in [1.54, 1.807) is 6.07 Å². The number of benzene rings is 1. The van der Waals surface area contributed by atoms with Gasteiger partial charge in [-0.05, 0) is 32.2 Å². The summed E-state index contributed by atoms with van der Waals surface area (Å²) in [6.07, 6.45) is 0.725. The van der Waals surface area contributed by atoms with Gasteiger partial charge in [0, 0.05) is 18.5 Å². The summed E-state index contributed by atoms with van der Waals surface area (Å²) in [5.41, 5.74) is 0.767. The summed E-state index contributed by atoms with van der Waals surface area (Å²) in [6.45, 7) is 2.16. The third kappa shape index (κ3) is 3.48. The molecule has 0 heterocycles. The first kappa shape index (κ1) is 12.4. The van der Waals surface area contributed by atoms with Crippen molar-refractivity contribution in [3.05, 3.63) is 35.1 Å². The third-order valence-corrected chi connectivity index (χ3v) is 2.08. The molecule has 0 aromatic heterocycles. The van der Waals surface area contributed by atoms with Crippen LogP contribution in [0.3, 0.4) is 0 Å². The van der Waals surface area contributed by atoms with Gasteiger partial charge in [0.25, 0.3) is 0 Å². The molecule has 0 aliphatic carbocycles. The Hall–Kier alpha value is -1.66. The minimum absolute atomic E-state index is 0.0976. The normalized spacial score (nSPS) is 9.44. The number of nitrogens with one attached hydrogen (secondary N) is 1. The highest BCUT2D eigenvalue weighted by molar-refractivity contribution is 5.94. The van der Waals surface area contributed by atoms with Crippen LogP contribution in [0.2, 0.25) is 0 Å². The van der Waals surface area contributed by atoms with Gasteiger partial charge in [-0.1, -0.05) is 11.8 Å². The van der Waals surface area contributed by atoms with Gasteiger partial charge in [0.05, 0.1) is 5.56 Å². The topological polar surface area (TPSA) is 29.1 Å². The molecule has 1 rings (SSSR count). The SMILES string of the molecule is CNCCC#Cc1ccc(F)c(C(C)=O)c1. The number of carbonyl (C=O) groups excluding carboxylic acids is 1. The molecule has 3 heteroatoms. The Balaban J connectivity index is 2.85. The molecule has 0 aliphatic rings. The molecule has 0 atom stereocenters. The van der Waals surface area contributed by atoms with Crippen LogP contribution in [-0.2, 0) is 0 Å². The third-order valence-electron chi connectivity index (χ3n) is 2.08. The van der Waals surface area contributed by atoms with E-state index in [0.29, 0.717) is 5.56 Å². The van der Waals surface area contributed by atoms with E-state index < -0.39 is 5.82 Å². The number of carbonyl (C=O) groups is 1. The minimum atomic E-state index is -0.492. The van der Waals surface area contributed by atoms with Crippen LogP contribution >= 0.6 is 0 Å². The molecular weight excluding hydrogens is 205 g/mol. The molecule has 16 heavy (non-hydrogen) atoms. The maximum Gasteiger partial charge on any atom is 0.162 e. The molecule has 0 saturated carbocycles. The second-order valence-electron chi connectivity index (χ2n) is 3.41. The van der Waals surface area contributed by atoms with Crippen LogP contribution in [0.5, 0.6) is 0 Å². The largest absolute Gasteiger partial charge is 0.319 e. The van der Waals surface area contributed by atoms with Crippen molar-refractivity contribution in [1.82, 2.24) is 5.32 Å². The minimum Gasteiger partial charge on any atom is -0.319 e. The Bertz CT molecular complexity index is 443. The van der Waals surface area contributed by atoms with Crippen LogP contribution in [0.4, 0.5) is 4.39 Å². The molecule has 1 N–H and O–H groups in total. The maximum atomic E-state index is 13.2. The van der Waals surface area contributed by atoms with Crippen molar-refractivity contribution in [3.63, 3.8) is 0 Å². The van der Waals surface area contributed by atoms with Crippen LogP contribution in [0.15, 0.2) is 18.2 Å². The lowest BCUT2D eigenvalue weighted by atomic mass is 10.1.